The number of benzene rings is 2. The molecule has 186 valence electrons. The van der Waals surface area contributed by atoms with Gasteiger partial charge in [-0.3, -0.25) is 13.9 Å². The van der Waals surface area contributed by atoms with Crippen molar-refractivity contribution < 1.29 is 18.0 Å². The molecular formula is C24H31Cl2N3O4S. The van der Waals surface area contributed by atoms with Gasteiger partial charge in [-0.2, -0.15) is 0 Å². The summed E-state index contributed by atoms with van der Waals surface area (Å²) in [5.74, 6) is -0.757. The molecule has 1 N–H and O–H groups in total. The summed E-state index contributed by atoms with van der Waals surface area (Å²) in [5.41, 5.74) is 1.15. The first kappa shape index (κ1) is 28.0. The molecule has 2 aromatic rings. The Morgan fingerprint density at radius 1 is 1.06 bits per heavy atom. The third-order valence-electron chi connectivity index (χ3n) is 5.28. The molecule has 0 heterocycles. The van der Waals surface area contributed by atoms with Crippen LogP contribution < -0.4 is 9.62 Å². The van der Waals surface area contributed by atoms with Crippen molar-refractivity contribution >= 4 is 50.7 Å². The second-order valence-electron chi connectivity index (χ2n) is 7.90. The lowest BCUT2D eigenvalue weighted by Gasteiger charge is -2.33. The summed E-state index contributed by atoms with van der Waals surface area (Å²) in [6.07, 6.45) is 2.67. The van der Waals surface area contributed by atoms with Gasteiger partial charge in [0, 0.05) is 18.1 Å². The van der Waals surface area contributed by atoms with Gasteiger partial charge in [-0.15, -0.1) is 0 Å². The van der Waals surface area contributed by atoms with E-state index in [0.29, 0.717) is 24.4 Å². The molecule has 0 aliphatic heterocycles. The van der Waals surface area contributed by atoms with Gasteiger partial charge in [-0.25, -0.2) is 8.42 Å². The first-order valence-electron chi connectivity index (χ1n) is 11.1. The van der Waals surface area contributed by atoms with E-state index >= 15 is 0 Å². The average molecular weight is 529 g/mol. The molecule has 1 unspecified atom stereocenters. The Hall–Kier alpha value is -2.29. The van der Waals surface area contributed by atoms with Crippen LogP contribution >= 0.6 is 23.2 Å². The fourth-order valence-corrected chi connectivity index (χ4v) is 4.96. The lowest BCUT2D eigenvalue weighted by atomic mass is 10.1. The molecule has 0 spiro atoms. The van der Waals surface area contributed by atoms with Gasteiger partial charge >= 0.3 is 0 Å². The molecule has 0 saturated heterocycles. The molecule has 0 saturated carbocycles. The Balaban J connectivity index is 2.37. The summed E-state index contributed by atoms with van der Waals surface area (Å²) in [4.78, 5) is 27.8. The number of nitrogens with zero attached hydrogens (tertiary/aromatic N) is 2. The van der Waals surface area contributed by atoms with Crippen molar-refractivity contribution in [2.75, 3.05) is 30.2 Å². The minimum Gasteiger partial charge on any atom is -0.354 e. The van der Waals surface area contributed by atoms with Gasteiger partial charge in [0.25, 0.3) is 0 Å². The van der Waals surface area contributed by atoms with E-state index in [9.17, 15) is 18.0 Å². The van der Waals surface area contributed by atoms with Crippen LogP contribution in [0.5, 0.6) is 0 Å². The van der Waals surface area contributed by atoms with Crippen molar-refractivity contribution in [1.82, 2.24) is 10.2 Å². The summed E-state index contributed by atoms with van der Waals surface area (Å²) >= 11 is 12.2. The summed E-state index contributed by atoms with van der Waals surface area (Å²) in [7, 11) is -3.86. The van der Waals surface area contributed by atoms with E-state index in [1.54, 1.807) is 0 Å². The Kier molecular flexibility index (Phi) is 10.7. The molecule has 7 nitrogen and oxygen atoms in total. The van der Waals surface area contributed by atoms with Gasteiger partial charge in [0.15, 0.2) is 0 Å². The highest BCUT2D eigenvalue weighted by molar-refractivity contribution is 7.92. The molecule has 0 radical (unpaired) electrons. The first-order valence-corrected chi connectivity index (χ1v) is 13.7. The molecule has 1 atom stereocenters. The number of halogens is 2. The SMILES string of the molecule is CCCNC(=O)C(CC)N(CCc1ccccc1)C(=O)CN(c1ccc(Cl)cc1Cl)S(C)(=O)=O. The predicted octanol–water partition coefficient (Wildman–Crippen LogP) is 4.14. The molecule has 0 aliphatic carbocycles. The maximum Gasteiger partial charge on any atom is 0.244 e. The molecule has 0 fully saturated rings. The quantitative estimate of drug-likeness (QED) is 0.449. The summed E-state index contributed by atoms with van der Waals surface area (Å²) in [6.45, 7) is 4.02. The van der Waals surface area contributed by atoms with Crippen LogP contribution in [0.15, 0.2) is 48.5 Å². The molecule has 2 aromatic carbocycles. The highest BCUT2D eigenvalue weighted by atomic mass is 35.5. The standard InChI is InChI=1S/C24H31Cl2N3O4S/c1-4-14-27-24(31)21(5-2)28(15-13-18-9-7-6-8-10-18)23(30)17-29(34(3,32)33)22-12-11-19(25)16-20(22)26/h6-12,16,21H,4-5,13-15,17H2,1-3H3,(H,27,31). The number of amides is 2. The van der Waals surface area contributed by atoms with Crippen LogP contribution in [0.4, 0.5) is 5.69 Å². The summed E-state index contributed by atoms with van der Waals surface area (Å²) < 4.78 is 26.2. The predicted molar refractivity (Wildman–Crippen MR) is 138 cm³/mol. The minimum atomic E-state index is -3.86. The van der Waals surface area contributed by atoms with Crippen LogP contribution in [-0.4, -0.2) is 57.1 Å². The highest BCUT2D eigenvalue weighted by Gasteiger charge is 2.31. The number of sulfonamides is 1. The van der Waals surface area contributed by atoms with Crippen LogP contribution in [0.2, 0.25) is 10.0 Å². The highest BCUT2D eigenvalue weighted by Crippen LogP contribution is 2.30. The Bertz CT molecular complexity index is 1080. The van der Waals surface area contributed by atoms with Gasteiger partial charge in [-0.05, 0) is 43.0 Å². The Morgan fingerprint density at radius 2 is 1.74 bits per heavy atom. The van der Waals surface area contributed by atoms with E-state index in [1.165, 1.54) is 23.1 Å². The van der Waals surface area contributed by atoms with Crippen LogP contribution in [-0.2, 0) is 26.0 Å². The van der Waals surface area contributed by atoms with Gasteiger partial charge in [0.2, 0.25) is 21.8 Å². The third kappa shape index (κ3) is 7.89. The van der Waals surface area contributed by atoms with Crippen molar-refractivity contribution in [2.24, 2.45) is 0 Å². The van der Waals surface area contributed by atoms with Gasteiger partial charge in [0.05, 0.1) is 17.0 Å². The van der Waals surface area contributed by atoms with Crippen molar-refractivity contribution in [3.63, 3.8) is 0 Å². The number of carbonyl (C=O) groups excluding carboxylic acids is 2. The molecule has 2 amide bonds. The lowest BCUT2D eigenvalue weighted by Crippen LogP contribution is -2.53. The van der Waals surface area contributed by atoms with Gasteiger partial charge in [0.1, 0.15) is 12.6 Å². The van der Waals surface area contributed by atoms with Crippen LogP contribution in [0.3, 0.4) is 0 Å². The number of hydrogen-bond donors (Lipinski definition) is 1. The zero-order valence-corrected chi connectivity index (χ0v) is 22.0. The van der Waals surface area contributed by atoms with E-state index in [0.717, 1.165) is 22.5 Å². The second kappa shape index (κ2) is 13.0. The zero-order valence-electron chi connectivity index (χ0n) is 19.6. The average Bonchev–Trinajstić information content (AvgIpc) is 2.79. The molecule has 0 aliphatic rings. The van der Waals surface area contributed by atoms with Crippen LogP contribution in [0, 0.1) is 0 Å². The molecule has 2 rings (SSSR count). The molecular weight excluding hydrogens is 497 g/mol. The third-order valence-corrected chi connectivity index (χ3v) is 6.94. The van der Waals surface area contributed by atoms with Crippen molar-refractivity contribution in [2.45, 2.75) is 39.2 Å². The van der Waals surface area contributed by atoms with E-state index in [1.807, 2.05) is 44.2 Å². The molecule has 0 aromatic heterocycles. The van der Waals surface area contributed by atoms with E-state index in [2.05, 4.69) is 5.32 Å². The smallest absolute Gasteiger partial charge is 0.244 e. The largest absolute Gasteiger partial charge is 0.354 e. The maximum atomic E-state index is 13.5. The topological polar surface area (TPSA) is 86.8 Å². The van der Waals surface area contributed by atoms with Crippen molar-refractivity contribution in [1.29, 1.82) is 0 Å². The van der Waals surface area contributed by atoms with Crippen molar-refractivity contribution in [3.8, 4) is 0 Å². The number of nitrogens with one attached hydrogen (secondary N) is 1. The molecule has 10 heteroatoms. The molecule has 0 bridgehead atoms. The van der Waals surface area contributed by atoms with E-state index < -0.39 is 28.5 Å². The van der Waals surface area contributed by atoms with Crippen LogP contribution in [0.1, 0.15) is 32.3 Å². The number of anilines is 1. The lowest BCUT2D eigenvalue weighted by molar-refractivity contribution is -0.139. The minimum absolute atomic E-state index is 0.106. The number of hydrogen-bond acceptors (Lipinski definition) is 4. The zero-order chi connectivity index (χ0) is 25.3. The number of carbonyl (C=O) groups is 2. The second-order valence-corrected chi connectivity index (χ2v) is 10.7. The first-order chi connectivity index (χ1) is 16.1. The number of rotatable bonds is 12. The maximum absolute atomic E-state index is 13.5. The molecule has 34 heavy (non-hydrogen) atoms. The fraction of sp³-hybridized carbons (Fsp3) is 0.417. The van der Waals surface area contributed by atoms with Crippen molar-refractivity contribution in [3.05, 3.63) is 64.1 Å². The van der Waals surface area contributed by atoms with E-state index in [4.69, 9.17) is 23.2 Å². The Morgan fingerprint density at radius 3 is 2.29 bits per heavy atom. The van der Waals surface area contributed by atoms with Crippen LogP contribution in [0.25, 0.3) is 0 Å². The van der Waals surface area contributed by atoms with E-state index in [-0.39, 0.29) is 23.2 Å². The summed E-state index contributed by atoms with van der Waals surface area (Å²) in [6, 6.07) is 13.2. The monoisotopic (exact) mass is 527 g/mol. The normalized spacial score (nSPS) is 12.1. The Labute approximate surface area is 212 Å². The fourth-order valence-electron chi connectivity index (χ4n) is 3.54. The van der Waals surface area contributed by atoms with Gasteiger partial charge < -0.3 is 10.2 Å². The van der Waals surface area contributed by atoms with Gasteiger partial charge in [-0.1, -0.05) is 67.4 Å². The summed E-state index contributed by atoms with van der Waals surface area (Å²) in [5, 5.41) is 3.30.